The first-order valence-electron chi connectivity index (χ1n) is 6.45. The minimum absolute atomic E-state index is 0.362. The molecule has 0 aliphatic rings. The van der Waals surface area contributed by atoms with Gasteiger partial charge in [-0.25, -0.2) is 9.59 Å². The fourth-order valence-electron chi connectivity index (χ4n) is 1.43. The van der Waals surface area contributed by atoms with Crippen molar-refractivity contribution in [3.05, 3.63) is 47.5 Å². The number of carbonyl (C=O) groups excluding carboxylic acids is 2. The smallest absolute Gasteiger partial charge is 0.330 e. The molecular weight excluding hydrogens is 256 g/mol. The molecule has 1 aromatic rings. The quantitative estimate of drug-likeness (QED) is 0.591. The third-order valence-corrected chi connectivity index (χ3v) is 2.33. The molecule has 0 atom stereocenters. The van der Waals surface area contributed by atoms with E-state index >= 15 is 0 Å². The summed E-state index contributed by atoms with van der Waals surface area (Å²) in [6, 6.07) is 7.39. The zero-order chi connectivity index (χ0) is 14.8. The largest absolute Gasteiger partial charge is 0.463 e. The molecule has 0 aliphatic heterocycles. The predicted molar refractivity (Wildman–Crippen MR) is 77.8 cm³/mol. The molecule has 0 aromatic heterocycles. The van der Waals surface area contributed by atoms with E-state index in [1.54, 1.807) is 26.0 Å². The van der Waals surface area contributed by atoms with Gasteiger partial charge in [-0.15, -0.1) is 0 Å². The first-order chi connectivity index (χ1) is 9.65. The Morgan fingerprint density at radius 2 is 1.20 bits per heavy atom. The molecule has 0 heterocycles. The maximum absolute atomic E-state index is 11.2. The molecule has 0 radical (unpaired) electrons. The minimum Gasteiger partial charge on any atom is -0.463 e. The van der Waals surface area contributed by atoms with Gasteiger partial charge in [0, 0.05) is 12.2 Å². The fraction of sp³-hybridized carbons (Fsp3) is 0.250. The van der Waals surface area contributed by atoms with Gasteiger partial charge in [-0.1, -0.05) is 24.3 Å². The maximum Gasteiger partial charge on any atom is 0.330 e. The van der Waals surface area contributed by atoms with Crippen molar-refractivity contribution in [2.24, 2.45) is 0 Å². The fourth-order valence-corrected chi connectivity index (χ4v) is 1.43. The van der Waals surface area contributed by atoms with E-state index in [-0.39, 0.29) is 11.9 Å². The van der Waals surface area contributed by atoms with E-state index in [2.05, 4.69) is 0 Å². The van der Waals surface area contributed by atoms with Crippen LogP contribution < -0.4 is 0 Å². The van der Waals surface area contributed by atoms with Gasteiger partial charge < -0.3 is 9.47 Å². The normalized spacial score (nSPS) is 10.9. The van der Waals surface area contributed by atoms with Gasteiger partial charge in [0.2, 0.25) is 0 Å². The van der Waals surface area contributed by atoms with E-state index in [9.17, 15) is 9.59 Å². The number of ether oxygens (including phenoxy) is 2. The molecule has 0 bridgehead atoms. The Hall–Kier alpha value is -2.36. The third-order valence-electron chi connectivity index (χ3n) is 2.33. The maximum atomic E-state index is 11.2. The van der Waals surface area contributed by atoms with E-state index in [0.717, 1.165) is 11.1 Å². The molecule has 106 valence electrons. The highest BCUT2D eigenvalue weighted by Gasteiger charge is 1.96. The lowest BCUT2D eigenvalue weighted by Gasteiger charge is -1.98. The third kappa shape index (κ3) is 6.00. The van der Waals surface area contributed by atoms with Crippen LogP contribution in [0.25, 0.3) is 12.2 Å². The Morgan fingerprint density at radius 3 is 1.50 bits per heavy atom. The molecule has 0 unspecified atom stereocenters. The van der Waals surface area contributed by atoms with Crippen molar-refractivity contribution >= 4 is 24.1 Å². The summed E-state index contributed by atoms with van der Waals surface area (Å²) in [5.41, 5.74) is 1.76. The van der Waals surface area contributed by atoms with Gasteiger partial charge >= 0.3 is 11.9 Å². The summed E-state index contributed by atoms with van der Waals surface area (Å²) >= 11 is 0. The van der Waals surface area contributed by atoms with E-state index in [0.29, 0.717) is 13.2 Å². The first-order valence-corrected chi connectivity index (χ1v) is 6.45. The summed E-state index contributed by atoms with van der Waals surface area (Å²) in [5, 5.41) is 0. The van der Waals surface area contributed by atoms with Crippen LogP contribution in [0.3, 0.4) is 0 Å². The summed E-state index contributed by atoms with van der Waals surface area (Å²) in [6.07, 6.45) is 6.12. The van der Waals surface area contributed by atoms with Crippen LogP contribution in [0.4, 0.5) is 0 Å². The molecule has 4 nitrogen and oxygen atoms in total. The standard InChI is InChI=1S/C16H18O4/c1-3-19-15(17)11-9-13-5-7-14(8-6-13)10-12-16(18)20-4-2/h5-12H,3-4H2,1-2H3/b11-9-,12-10-. The second-order valence-corrected chi connectivity index (χ2v) is 3.84. The van der Waals surface area contributed by atoms with Crippen LogP contribution in [0.5, 0.6) is 0 Å². The van der Waals surface area contributed by atoms with Crippen LogP contribution in [0.2, 0.25) is 0 Å². The molecule has 20 heavy (non-hydrogen) atoms. The van der Waals surface area contributed by atoms with Crippen LogP contribution in [0, 0.1) is 0 Å². The Morgan fingerprint density at radius 1 is 0.850 bits per heavy atom. The SMILES string of the molecule is CCOC(=O)/C=C\c1ccc(/C=C\C(=O)OCC)cc1. The summed E-state index contributed by atoms with van der Waals surface area (Å²) < 4.78 is 9.57. The molecule has 0 fully saturated rings. The number of esters is 2. The van der Waals surface area contributed by atoms with Crippen molar-refractivity contribution in [1.29, 1.82) is 0 Å². The van der Waals surface area contributed by atoms with Crippen molar-refractivity contribution in [3.63, 3.8) is 0 Å². The van der Waals surface area contributed by atoms with Gasteiger partial charge in [0.05, 0.1) is 13.2 Å². The molecule has 0 saturated heterocycles. The van der Waals surface area contributed by atoms with Crippen LogP contribution in [-0.4, -0.2) is 25.2 Å². The van der Waals surface area contributed by atoms with E-state index in [4.69, 9.17) is 9.47 Å². The number of benzene rings is 1. The summed E-state index contributed by atoms with van der Waals surface area (Å²) in [6.45, 7) is 4.24. The van der Waals surface area contributed by atoms with E-state index in [1.807, 2.05) is 24.3 Å². The Kier molecular flexibility index (Phi) is 6.82. The Bertz CT molecular complexity index is 451. The number of carbonyl (C=O) groups is 2. The second-order valence-electron chi connectivity index (χ2n) is 3.84. The number of rotatable bonds is 6. The van der Waals surface area contributed by atoms with Gasteiger partial charge in [-0.05, 0) is 37.1 Å². The molecular formula is C16H18O4. The highest BCUT2D eigenvalue weighted by Crippen LogP contribution is 2.08. The molecule has 1 rings (SSSR count). The van der Waals surface area contributed by atoms with Gasteiger partial charge in [0.15, 0.2) is 0 Å². The van der Waals surface area contributed by atoms with Gasteiger partial charge in [0.25, 0.3) is 0 Å². The topological polar surface area (TPSA) is 52.6 Å². The van der Waals surface area contributed by atoms with Crippen molar-refractivity contribution in [2.45, 2.75) is 13.8 Å². The Balaban J connectivity index is 2.60. The minimum atomic E-state index is -0.362. The first kappa shape index (κ1) is 15.7. The zero-order valence-electron chi connectivity index (χ0n) is 11.7. The molecule has 1 aromatic carbocycles. The van der Waals surface area contributed by atoms with E-state index in [1.165, 1.54) is 12.2 Å². The summed E-state index contributed by atoms with van der Waals surface area (Å²) in [7, 11) is 0. The van der Waals surface area contributed by atoms with Crippen LogP contribution in [-0.2, 0) is 19.1 Å². The van der Waals surface area contributed by atoms with Crippen LogP contribution >= 0.6 is 0 Å². The van der Waals surface area contributed by atoms with Gasteiger partial charge in [-0.2, -0.15) is 0 Å². The zero-order valence-corrected chi connectivity index (χ0v) is 11.7. The van der Waals surface area contributed by atoms with Crippen LogP contribution in [0.1, 0.15) is 25.0 Å². The number of hydrogen-bond acceptors (Lipinski definition) is 4. The van der Waals surface area contributed by atoms with Gasteiger partial charge in [-0.3, -0.25) is 0 Å². The molecule has 0 N–H and O–H groups in total. The average Bonchev–Trinajstić information content (AvgIpc) is 2.45. The summed E-state index contributed by atoms with van der Waals surface area (Å²) in [5.74, 6) is -0.724. The lowest BCUT2D eigenvalue weighted by atomic mass is 10.1. The molecule has 0 aliphatic carbocycles. The highest BCUT2D eigenvalue weighted by atomic mass is 16.5. The lowest BCUT2D eigenvalue weighted by molar-refractivity contribution is -0.138. The second kappa shape index (κ2) is 8.69. The molecule has 4 heteroatoms. The predicted octanol–water partition coefficient (Wildman–Crippen LogP) is 2.84. The van der Waals surface area contributed by atoms with Crippen molar-refractivity contribution in [3.8, 4) is 0 Å². The average molecular weight is 274 g/mol. The molecule has 0 saturated carbocycles. The van der Waals surface area contributed by atoms with E-state index < -0.39 is 0 Å². The number of hydrogen-bond donors (Lipinski definition) is 0. The molecule has 0 amide bonds. The van der Waals surface area contributed by atoms with Crippen LogP contribution in [0.15, 0.2) is 36.4 Å². The Labute approximate surface area is 118 Å². The van der Waals surface area contributed by atoms with Crippen molar-refractivity contribution < 1.29 is 19.1 Å². The van der Waals surface area contributed by atoms with Crippen molar-refractivity contribution in [2.75, 3.05) is 13.2 Å². The lowest BCUT2D eigenvalue weighted by Crippen LogP contribution is -1.98. The molecule has 0 spiro atoms. The highest BCUT2D eigenvalue weighted by molar-refractivity contribution is 5.88. The van der Waals surface area contributed by atoms with Gasteiger partial charge in [0.1, 0.15) is 0 Å². The van der Waals surface area contributed by atoms with Crippen molar-refractivity contribution in [1.82, 2.24) is 0 Å². The summed E-state index contributed by atoms with van der Waals surface area (Å²) in [4.78, 5) is 22.3. The monoisotopic (exact) mass is 274 g/mol.